The quantitative estimate of drug-likeness (QED) is 0.561. The third kappa shape index (κ3) is 5.27. The van der Waals surface area contributed by atoms with Crippen LogP contribution in [-0.2, 0) is 9.53 Å². The Labute approximate surface area is 132 Å². The minimum Gasteiger partial charge on any atom is -0.492 e. The summed E-state index contributed by atoms with van der Waals surface area (Å²) >= 11 is 0. The van der Waals surface area contributed by atoms with E-state index in [4.69, 9.17) is 15.2 Å². The zero-order chi connectivity index (χ0) is 16.5. The van der Waals surface area contributed by atoms with Crippen molar-refractivity contribution in [1.82, 2.24) is 15.3 Å². The largest absolute Gasteiger partial charge is 0.492 e. The molecule has 8 heteroatoms. The van der Waals surface area contributed by atoms with E-state index in [9.17, 15) is 9.59 Å². The summed E-state index contributed by atoms with van der Waals surface area (Å²) in [7, 11) is 0. The van der Waals surface area contributed by atoms with Gasteiger partial charge in [-0.2, -0.15) is 0 Å². The van der Waals surface area contributed by atoms with Gasteiger partial charge in [-0.3, -0.25) is 4.79 Å². The Balaban J connectivity index is 1.65. The van der Waals surface area contributed by atoms with Gasteiger partial charge in [0.1, 0.15) is 12.4 Å². The fourth-order valence-electron chi connectivity index (χ4n) is 1.63. The Morgan fingerprint density at radius 3 is 2.61 bits per heavy atom. The number of nitrogens with one attached hydrogen (secondary N) is 1. The Kier molecular flexibility index (Phi) is 5.87. The first-order valence-corrected chi connectivity index (χ1v) is 6.85. The number of hydrogen-bond donors (Lipinski definition) is 2. The summed E-state index contributed by atoms with van der Waals surface area (Å²) in [6.07, 6.45) is 2.67. The van der Waals surface area contributed by atoms with Crippen molar-refractivity contribution in [3.8, 4) is 5.75 Å². The second-order valence-corrected chi connectivity index (χ2v) is 4.38. The molecule has 0 aliphatic carbocycles. The van der Waals surface area contributed by atoms with Gasteiger partial charge < -0.3 is 20.5 Å². The molecular weight excluding hydrogens is 300 g/mol. The van der Waals surface area contributed by atoms with E-state index in [0.29, 0.717) is 18.9 Å². The minimum atomic E-state index is -0.800. The number of aromatic nitrogens is 2. The number of nitrogen functional groups attached to an aromatic ring is 1. The molecule has 0 spiro atoms. The van der Waals surface area contributed by atoms with Crippen LogP contribution >= 0.6 is 0 Å². The highest BCUT2D eigenvalue weighted by Crippen LogP contribution is 2.07. The third-order valence-corrected chi connectivity index (χ3v) is 2.69. The van der Waals surface area contributed by atoms with Crippen molar-refractivity contribution in [3.05, 3.63) is 48.4 Å². The first kappa shape index (κ1) is 16.2. The van der Waals surface area contributed by atoms with Gasteiger partial charge in [-0.25, -0.2) is 14.8 Å². The van der Waals surface area contributed by atoms with Gasteiger partial charge >= 0.3 is 5.97 Å². The van der Waals surface area contributed by atoms with E-state index in [1.165, 1.54) is 12.4 Å². The number of amides is 1. The van der Waals surface area contributed by atoms with Crippen molar-refractivity contribution in [3.63, 3.8) is 0 Å². The molecule has 120 valence electrons. The Morgan fingerprint density at radius 1 is 1.13 bits per heavy atom. The highest BCUT2D eigenvalue weighted by atomic mass is 16.5. The number of esters is 1. The molecule has 1 heterocycles. The maximum atomic E-state index is 11.7. The van der Waals surface area contributed by atoms with Crippen molar-refractivity contribution < 1.29 is 19.1 Å². The molecule has 0 unspecified atom stereocenters. The molecule has 2 rings (SSSR count). The molecule has 2 aromatic rings. The number of rotatable bonds is 7. The van der Waals surface area contributed by atoms with Crippen LogP contribution in [0.15, 0.2) is 42.7 Å². The van der Waals surface area contributed by atoms with Crippen LogP contribution in [-0.4, -0.2) is 41.6 Å². The van der Waals surface area contributed by atoms with E-state index < -0.39 is 18.5 Å². The fraction of sp³-hybridized carbons (Fsp3) is 0.200. The van der Waals surface area contributed by atoms with Crippen LogP contribution < -0.4 is 15.8 Å². The molecule has 1 aromatic carbocycles. The Bertz CT molecular complexity index is 664. The van der Waals surface area contributed by atoms with Crippen molar-refractivity contribution in [1.29, 1.82) is 0 Å². The lowest BCUT2D eigenvalue weighted by atomic mass is 10.3. The maximum Gasteiger partial charge on any atom is 0.361 e. The standard InChI is InChI=1S/C15H16N4O4/c16-14-13(18-6-7-19-14)15(21)23-10-12(20)17-8-9-22-11-4-2-1-3-5-11/h1-7H,8-10H2,(H2,16,19)(H,17,20). The minimum absolute atomic E-state index is 0.0471. The molecule has 1 amide bonds. The molecule has 0 saturated carbocycles. The first-order chi connectivity index (χ1) is 11.2. The smallest absolute Gasteiger partial charge is 0.361 e. The molecule has 0 aliphatic rings. The van der Waals surface area contributed by atoms with E-state index in [2.05, 4.69) is 15.3 Å². The SMILES string of the molecule is Nc1nccnc1C(=O)OCC(=O)NCCOc1ccccc1. The van der Waals surface area contributed by atoms with Crippen molar-refractivity contribution >= 4 is 17.7 Å². The zero-order valence-corrected chi connectivity index (χ0v) is 12.3. The summed E-state index contributed by atoms with van der Waals surface area (Å²) in [6.45, 7) is 0.166. The molecule has 0 bridgehead atoms. The van der Waals surface area contributed by atoms with Gasteiger partial charge in [0.2, 0.25) is 0 Å². The van der Waals surface area contributed by atoms with Gasteiger partial charge in [0, 0.05) is 12.4 Å². The number of benzene rings is 1. The molecule has 23 heavy (non-hydrogen) atoms. The Morgan fingerprint density at radius 2 is 1.87 bits per heavy atom. The summed E-state index contributed by atoms with van der Waals surface area (Å²) in [5.74, 6) is -0.579. The highest BCUT2D eigenvalue weighted by molar-refractivity contribution is 5.93. The summed E-state index contributed by atoms with van der Waals surface area (Å²) in [4.78, 5) is 30.7. The van der Waals surface area contributed by atoms with Gasteiger partial charge in [0.05, 0.1) is 6.54 Å². The van der Waals surface area contributed by atoms with E-state index in [-0.39, 0.29) is 11.5 Å². The summed E-state index contributed by atoms with van der Waals surface area (Å²) < 4.78 is 10.2. The monoisotopic (exact) mass is 316 g/mol. The summed E-state index contributed by atoms with van der Waals surface area (Å²) in [6, 6.07) is 9.22. The molecule has 8 nitrogen and oxygen atoms in total. The predicted molar refractivity (Wildman–Crippen MR) is 81.7 cm³/mol. The van der Waals surface area contributed by atoms with Crippen LogP contribution in [0.5, 0.6) is 5.75 Å². The van der Waals surface area contributed by atoms with Gasteiger partial charge in [-0.1, -0.05) is 18.2 Å². The number of carbonyl (C=O) groups excluding carboxylic acids is 2. The van der Waals surface area contributed by atoms with E-state index in [1.807, 2.05) is 30.3 Å². The zero-order valence-electron chi connectivity index (χ0n) is 12.3. The average molecular weight is 316 g/mol. The second kappa shape index (κ2) is 8.32. The topological polar surface area (TPSA) is 116 Å². The molecule has 0 aliphatic heterocycles. The van der Waals surface area contributed by atoms with Crippen LogP contribution in [0.1, 0.15) is 10.5 Å². The number of para-hydroxylation sites is 1. The number of anilines is 1. The fourth-order valence-corrected chi connectivity index (χ4v) is 1.63. The normalized spacial score (nSPS) is 9.91. The summed E-state index contributed by atoms with van der Waals surface area (Å²) in [5, 5.41) is 2.57. The number of hydrogen-bond acceptors (Lipinski definition) is 7. The molecule has 3 N–H and O–H groups in total. The van der Waals surface area contributed by atoms with Crippen LogP contribution in [0.3, 0.4) is 0 Å². The Hall–Kier alpha value is -3.16. The molecule has 0 saturated heterocycles. The van der Waals surface area contributed by atoms with Crippen molar-refractivity contribution in [2.24, 2.45) is 0 Å². The van der Waals surface area contributed by atoms with Gasteiger partial charge in [-0.05, 0) is 12.1 Å². The number of nitrogens with zero attached hydrogens (tertiary/aromatic N) is 2. The van der Waals surface area contributed by atoms with Crippen LogP contribution in [0.4, 0.5) is 5.82 Å². The van der Waals surface area contributed by atoms with Gasteiger partial charge in [-0.15, -0.1) is 0 Å². The second-order valence-electron chi connectivity index (χ2n) is 4.38. The van der Waals surface area contributed by atoms with Gasteiger partial charge in [0.25, 0.3) is 5.91 Å². The molecular formula is C15H16N4O4. The first-order valence-electron chi connectivity index (χ1n) is 6.85. The maximum absolute atomic E-state index is 11.7. The molecule has 1 aromatic heterocycles. The lowest BCUT2D eigenvalue weighted by Gasteiger charge is -2.08. The number of ether oxygens (including phenoxy) is 2. The third-order valence-electron chi connectivity index (χ3n) is 2.69. The van der Waals surface area contributed by atoms with Crippen LogP contribution in [0.2, 0.25) is 0 Å². The molecule has 0 fully saturated rings. The van der Waals surface area contributed by atoms with Gasteiger partial charge in [0.15, 0.2) is 18.1 Å². The van der Waals surface area contributed by atoms with E-state index in [1.54, 1.807) is 0 Å². The average Bonchev–Trinajstić information content (AvgIpc) is 2.58. The molecule has 0 radical (unpaired) electrons. The molecule has 0 atom stereocenters. The van der Waals surface area contributed by atoms with Crippen molar-refractivity contribution in [2.45, 2.75) is 0 Å². The predicted octanol–water partition coefficient (Wildman–Crippen LogP) is 0.411. The van der Waals surface area contributed by atoms with Crippen molar-refractivity contribution in [2.75, 3.05) is 25.5 Å². The lowest BCUT2D eigenvalue weighted by Crippen LogP contribution is -2.32. The lowest BCUT2D eigenvalue weighted by molar-refractivity contribution is -0.124. The number of nitrogens with two attached hydrogens (primary N) is 1. The van der Waals surface area contributed by atoms with E-state index in [0.717, 1.165) is 0 Å². The van der Waals surface area contributed by atoms with Crippen LogP contribution in [0, 0.1) is 0 Å². The number of carbonyl (C=O) groups is 2. The van der Waals surface area contributed by atoms with E-state index >= 15 is 0 Å². The summed E-state index contributed by atoms with van der Waals surface area (Å²) in [5.41, 5.74) is 5.37. The van der Waals surface area contributed by atoms with Crippen LogP contribution in [0.25, 0.3) is 0 Å². The highest BCUT2D eigenvalue weighted by Gasteiger charge is 2.15.